The minimum Gasteiger partial charge on any atom is -0.396 e. The number of anilines is 1. The van der Waals surface area contributed by atoms with Crippen LogP contribution in [-0.2, 0) is 0 Å². The Morgan fingerprint density at radius 1 is 1.56 bits per heavy atom. The molecule has 2 rings (SSSR count). The molecular weight excluding hydrogens is 260 g/mol. The van der Waals surface area contributed by atoms with Gasteiger partial charge in [0.05, 0.1) is 11.5 Å². The predicted molar refractivity (Wildman–Crippen MR) is 65.7 cm³/mol. The van der Waals surface area contributed by atoms with E-state index in [2.05, 4.69) is 15.3 Å². The largest absolute Gasteiger partial charge is 0.396 e. The summed E-state index contributed by atoms with van der Waals surface area (Å²) in [5.74, 6) is 0.109. The first-order chi connectivity index (χ1) is 8.47. The van der Waals surface area contributed by atoms with Gasteiger partial charge >= 0.3 is 5.69 Å². The number of hydrogen-bond acceptors (Lipinski definition) is 6. The summed E-state index contributed by atoms with van der Waals surface area (Å²) in [4.78, 5) is 18.0. The highest BCUT2D eigenvalue weighted by Gasteiger charge is 2.42. The molecule has 1 heterocycles. The number of aromatic nitrogens is 2. The molecule has 0 aromatic carbocycles. The van der Waals surface area contributed by atoms with Gasteiger partial charge in [0.15, 0.2) is 0 Å². The maximum Gasteiger partial charge on any atom is 0.332 e. The van der Waals surface area contributed by atoms with E-state index in [1.54, 1.807) is 0 Å². The summed E-state index contributed by atoms with van der Waals surface area (Å²) in [6, 6.07) is 0. The average molecular weight is 273 g/mol. The molecule has 0 radical (unpaired) electrons. The molecule has 8 heteroatoms. The van der Waals surface area contributed by atoms with Gasteiger partial charge in [0, 0.05) is 12.0 Å². The van der Waals surface area contributed by atoms with Crippen LogP contribution >= 0.6 is 11.6 Å². The minimum atomic E-state index is -0.535. The van der Waals surface area contributed by atoms with Gasteiger partial charge in [0.25, 0.3) is 0 Å². The fraction of sp³-hybridized carbons (Fsp3) is 0.600. The Morgan fingerprint density at radius 3 is 2.72 bits per heavy atom. The van der Waals surface area contributed by atoms with Crippen LogP contribution in [0.15, 0.2) is 0 Å². The van der Waals surface area contributed by atoms with Crippen molar-refractivity contribution >= 4 is 23.1 Å². The van der Waals surface area contributed by atoms with Gasteiger partial charge in [-0.2, -0.15) is 4.98 Å². The topological polar surface area (TPSA) is 101 Å². The molecule has 1 aromatic heterocycles. The van der Waals surface area contributed by atoms with Crippen molar-refractivity contribution in [2.24, 2.45) is 5.41 Å². The number of aryl methyl sites for hydroxylation is 1. The molecule has 0 atom stereocenters. The zero-order valence-corrected chi connectivity index (χ0v) is 10.6. The highest BCUT2D eigenvalue weighted by Crippen LogP contribution is 2.45. The van der Waals surface area contributed by atoms with Crippen molar-refractivity contribution < 1.29 is 10.0 Å². The van der Waals surface area contributed by atoms with Crippen LogP contribution in [0.2, 0.25) is 5.28 Å². The summed E-state index contributed by atoms with van der Waals surface area (Å²) in [7, 11) is 0. The molecule has 1 aliphatic rings. The van der Waals surface area contributed by atoms with E-state index in [0.29, 0.717) is 6.54 Å². The molecule has 0 aliphatic heterocycles. The zero-order chi connectivity index (χ0) is 13.3. The van der Waals surface area contributed by atoms with Crippen LogP contribution in [-0.4, -0.2) is 33.1 Å². The number of nitro groups is 1. The Balaban J connectivity index is 2.23. The maximum absolute atomic E-state index is 11.0. The van der Waals surface area contributed by atoms with Crippen molar-refractivity contribution in [2.75, 3.05) is 18.5 Å². The maximum atomic E-state index is 11.0. The van der Waals surface area contributed by atoms with Crippen molar-refractivity contribution in [3.63, 3.8) is 0 Å². The number of aliphatic hydroxyl groups excluding tert-OH is 1. The van der Waals surface area contributed by atoms with Gasteiger partial charge in [-0.05, 0) is 31.4 Å². The first-order valence-electron chi connectivity index (χ1n) is 5.51. The van der Waals surface area contributed by atoms with Gasteiger partial charge in [-0.3, -0.25) is 10.1 Å². The Labute approximate surface area is 108 Å². The van der Waals surface area contributed by atoms with E-state index >= 15 is 0 Å². The lowest BCUT2D eigenvalue weighted by molar-refractivity contribution is -0.385. The van der Waals surface area contributed by atoms with Crippen molar-refractivity contribution in [3.05, 3.63) is 21.1 Å². The Kier molecular flexibility index (Phi) is 3.36. The van der Waals surface area contributed by atoms with Crippen molar-refractivity contribution in [1.82, 2.24) is 9.97 Å². The molecular formula is C10H13ClN4O3. The molecule has 1 fully saturated rings. The van der Waals surface area contributed by atoms with Crippen LogP contribution < -0.4 is 5.32 Å². The van der Waals surface area contributed by atoms with Crippen LogP contribution in [0.3, 0.4) is 0 Å². The number of nitrogens with one attached hydrogen (secondary N) is 1. The monoisotopic (exact) mass is 272 g/mol. The first-order valence-corrected chi connectivity index (χ1v) is 5.88. The Bertz CT molecular complexity index is 490. The van der Waals surface area contributed by atoms with E-state index in [0.717, 1.165) is 12.8 Å². The van der Waals surface area contributed by atoms with Crippen LogP contribution in [0.5, 0.6) is 0 Å². The summed E-state index contributed by atoms with van der Waals surface area (Å²) in [5, 5.41) is 23.0. The van der Waals surface area contributed by atoms with Gasteiger partial charge in [0.2, 0.25) is 11.1 Å². The lowest BCUT2D eigenvalue weighted by Gasteiger charge is -2.13. The molecule has 18 heavy (non-hydrogen) atoms. The SMILES string of the molecule is Cc1nc(Cl)nc(NCC2(CO)CC2)c1[N+](=O)[O-]. The molecule has 0 bridgehead atoms. The summed E-state index contributed by atoms with van der Waals surface area (Å²) in [6.45, 7) is 2.01. The van der Waals surface area contributed by atoms with Gasteiger partial charge in [-0.25, -0.2) is 4.98 Å². The fourth-order valence-electron chi connectivity index (χ4n) is 1.71. The molecule has 0 amide bonds. The van der Waals surface area contributed by atoms with E-state index in [4.69, 9.17) is 11.6 Å². The van der Waals surface area contributed by atoms with Gasteiger partial charge in [-0.15, -0.1) is 0 Å². The third kappa shape index (κ3) is 2.51. The van der Waals surface area contributed by atoms with Crippen LogP contribution in [0.25, 0.3) is 0 Å². The quantitative estimate of drug-likeness (QED) is 0.479. The van der Waals surface area contributed by atoms with Crippen LogP contribution in [0.4, 0.5) is 11.5 Å². The van der Waals surface area contributed by atoms with E-state index in [1.807, 2.05) is 0 Å². The van der Waals surface area contributed by atoms with Gasteiger partial charge in [0.1, 0.15) is 5.69 Å². The molecule has 0 unspecified atom stereocenters. The van der Waals surface area contributed by atoms with Gasteiger partial charge in [-0.1, -0.05) is 0 Å². The Morgan fingerprint density at radius 2 is 2.22 bits per heavy atom. The highest BCUT2D eigenvalue weighted by atomic mass is 35.5. The molecule has 98 valence electrons. The number of halogens is 1. The fourth-order valence-corrected chi connectivity index (χ4v) is 1.92. The highest BCUT2D eigenvalue weighted by molar-refractivity contribution is 6.28. The van der Waals surface area contributed by atoms with Crippen LogP contribution in [0, 0.1) is 22.5 Å². The number of nitrogens with zero attached hydrogens (tertiary/aromatic N) is 3. The van der Waals surface area contributed by atoms with Crippen molar-refractivity contribution in [3.8, 4) is 0 Å². The molecule has 7 nitrogen and oxygen atoms in total. The van der Waals surface area contributed by atoms with E-state index in [1.165, 1.54) is 6.92 Å². The van der Waals surface area contributed by atoms with E-state index < -0.39 is 4.92 Å². The molecule has 1 aromatic rings. The number of rotatable bonds is 5. The normalized spacial score (nSPS) is 16.4. The second-order valence-corrected chi connectivity index (χ2v) is 4.88. The average Bonchev–Trinajstić information content (AvgIpc) is 3.05. The van der Waals surface area contributed by atoms with E-state index in [9.17, 15) is 15.2 Å². The molecule has 1 aliphatic carbocycles. The smallest absolute Gasteiger partial charge is 0.332 e. The minimum absolute atomic E-state index is 0.0329. The lowest BCUT2D eigenvalue weighted by atomic mass is 10.1. The Hall–Kier alpha value is -1.47. The van der Waals surface area contributed by atoms with Gasteiger partial charge < -0.3 is 10.4 Å². The standard InChI is InChI=1S/C10H13ClN4O3/c1-6-7(15(17)18)8(14-9(11)13-6)12-4-10(5-16)2-3-10/h16H,2-5H2,1H3,(H,12,13,14). The summed E-state index contributed by atoms with van der Waals surface area (Å²) < 4.78 is 0. The molecule has 0 saturated heterocycles. The summed E-state index contributed by atoms with van der Waals surface area (Å²) in [6.07, 6.45) is 1.81. The third-order valence-corrected chi connectivity index (χ3v) is 3.31. The summed E-state index contributed by atoms with van der Waals surface area (Å²) in [5.41, 5.74) is -0.122. The van der Waals surface area contributed by atoms with Crippen LogP contribution in [0.1, 0.15) is 18.5 Å². The lowest BCUT2D eigenvalue weighted by Crippen LogP contribution is -2.20. The molecule has 2 N–H and O–H groups in total. The molecule has 0 spiro atoms. The number of hydrogen-bond donors (Lipinski definition) is 2. The predicted octanol–water partition coefficient (Wildman–Crippen LogP) is 1.53. The number of aliphatic hydroxyl groups is 1. The first kappa shape index (κ1) is 13.0. The zero-order valence-electron chi connectivity index (χ0n) is 9.81. The third-order valence-electron chi connectivity index (χ3n) is 3.14. The van der Waals surface area contributed by atoms with Crippen molar-refractivity contribution in [1.29, 1.82) is 0 Å². The van der Waals surface area contributed by atoms with Crippen molar-refractivity contribution in [2.45, 2.75) is 19.8 Å². The second-order valence-electron chi connectivity index (χ2n) is 4.54. The second kappa shape index (κ2) is 4.66. The molecule has 1 saturated carbocycles. The summed E-state index contributed by atoms with van der Waals surface area (Å²) >= 11 is 5.69. The van der Waals surface area contributed by atoms with E-state index in [-0.39, 0.29) is 34.5 Å².